The van der Waals surface area contributed by atoms with Crippen LogP contribution < -0.4 is 0 Å². The molecule has 1 aromatic rings. The molecule has 0 amide bonds. The van der Waals surface area contributed by atoms with Gasteiger partial charge in [-0.15, -0.1) is 0 Å². The second-order valence-corrected chi connectivity index (χ2v) is 4.23. The summed E-state index contributed by atoms with van der Waals surface area (Å²) in [6.45, 7) is 1.85. The molecule has 0 spiro atoms. The lowest BCUT2D eigenvalue weighted by atomic mass is 10.1. The van der Waals surface area contributed by atoms with Gasteiger partial charge in [0.2, 0.25) is 0 Å². The van der Waals surface area contributed by atoms with Gasteiger partial charge in [-0.05, 0) is 19.1 Å². The molecule has 0 unspecified atom stereocenters. The van der Waals surface area contributed by atoms with E-state index in [1.54, 1.807) is 13.0 Å². The topological polar surface area (TPSA) is 93.2 Å². The Kier molecular flexibility index (Phi) is 4.80. The number of carbonyl (C=O) groups is 1. The second-order valence-electron chi connectivity index (χ2n) is 3.31. The average molecular weight is 313 g/mol. The Hall–Kier alpha value is -1.94. The number of ether oxygens (including phenoxy) is 1. The molecule has 0 aromatic heterocycles. The summed E-state index contributed by atoms with van der Waals surface area (Å²) in [5, 5.41) is 19.8. The van der Waals surface area contributed by atoms with Crippen LogP contribution in [0.4, 0.5) is 5.69 Å². The fourth-order valence-electron chi connectivity index (χ4n) is 1.46. The Morgan fingerprint density at radius 2 is 2.28 bits per heavy atom. The molecule has 0 N–H and O–H groups in total. The first-order valence-corrected chi connectivity index (χ1v) is 5.81. The highest BCUT2D eigenvalue weighted by molar-refractivity contribution is 9.10. The van der Waals surface area contributed by atoms with E-state index in [9.17, 15) is 14.9 Å². The summed E-state index contributed by atoms with van der Waals surface area (Å²) in [5.74, 6) is -0.567. The van der Waals surface area contributed by atoms with Gasteiger partial charge in [-0.2, -0.15) is 5.26 Å². The molecule has 0 fully saturated rings. The fraction of sp³-hybridized carbons (Fsp3) is 0.273. The molecule has 18 heavy (non-hydrogen) atoms. The number of nitro groups is 1. The van der Waals surface area contributed by atoms with E-state index >= 15 is 0 Å². The highest BCUT2D eigenvalue weighted by atomic mass is 79.9. The summed E-state index contributed by atoms with van der Waals surface area (Å²) < 4.78 is 5.24. The molecule has 0 saturated heterocycles. The quantitative estimate of drug-likeness (QED) is 0.483. The monoisotopic (exact) mass is 312 g/mol. The highest BCUT2D eigenvalue weighted by Gasteiger charge is 2.23. The zero-order valence-electron chi connectivity index (χ0n) is 9.47. The SMILES string of the molecule is CCOC(=O)Cc1cc(Br)cc(C#N)c1[N+](=O)[O-]. The average Bonchev–Trinajstić information content (AvgIpc) is 2.27. The Balaban J connectivity index is 3.25. The molecule has 6 nitrogen and oxygen atoms in total. The highest BCUT2D eigenvalue weighted by Crippen LogP contribution is 2.28. The smallest absolute Gasteiger partial charge is 0.310 e. The van der Waals surface area contributed by atoms with Crippen molar-refractivity contribution in [3.8, 4) is 6.07 Å². The summed E-state index contributed by atoms with van der Waals surface area (Å²) in [5.41, 5.74) is -0.285. The normalized spacial score (nSPS) is 9.61. The van der Waals surface area contributed by atoms with Gasteiger partial charge in [0.25, 0.3) is 5.69 Å². The molecule has 0 atom stereocenters. The van der Waals surface area contributed by atoms with Crippen LogP contribution in [0.3, 0.4) is 0 Å². The number of carbonyl (C=O) groups excluding carboxylic acids is 1. The van der Waals surface area contributed by atoms with Gasteiger partial charge in [0.05, 0.1) is 18.0 Å². The van der Waals surface area contributed by atoms with E-state index < -0.39 is 10.9 Å². The maximum Gasteiger partial charge on any atom is 0.310 e. The van der Waals surface area contributed by atoms with Gasteiger partial charge in [-0.25, -0.2) is 0 Å². The van der Waals surface area contributed by atoms with Crippen LogP contribution >= 0.6 is 15.9 Å². The lowest BCUT2D eigenvalue weighted by Gasteiger charge is -2.05. The lowest BCUT2D eigenvalue weighted by molar-refractivity contribution is -0.385. The number of esters is 1. The number of hydrogen-bond acceptors (Lipinski definition) is 5. The van der Waals surface area contributed by atoms with E-state index in [-0.39, 0.29) is 29.8 Å². The maximum absolute atomic E-state index is 11.4. The van der Waals surface area contributed by atoms with Gasteiger partial charge in [-0.3, -0.25) is 14.9 Å². The molecule has 0 aliphatic rings. The standard InChI is InChI=1S/C11H9BrN2O4/c1-2-18-10(15)5-7-3-9(12)4-8(6-13)11(7)14(16)17/h3-4H,2,5H2,1H3. The third-order valence-electron chi connectivity index (χ3n) is 2.10. The van der Waals surface area contributed by atoms with Crippen LogP contribution in [-0.4, -0.2) is 17.5 Å². The number of benzene rings is 1. The maximum atomic E-state index is 11.4. The molecule has 0 heterocycles. The van der Waals surface area contributed by atoms with Crippen molar-refractivity contribution in [3.63, 3.8) is 0 Å². The second kappa shape index (κ2) is 6.12. The minimum atomic E-state index is -0.667. The summed E-state index contributed by atoms with van der Waals surface area (Å²) in [6, 6.07) is 4.52. The molecule has 7 heteroatoms. The van der Waals surface area contributed by atoms with Crippen molar-refractivity contribution >= 4 is 27.6 Å². The van der Waals surface area contributed by atoms with Crippen molar-refractivity contribution in [1.29, 1.82) is 5.26 Å². The lowest BCUT2D eigenvalue weighted by Crippen LogP contribution is -2.10. The zero-order valence-corrected chi connectivity index (χ0v) is 11.1. The van der Waals surface area contributed by atoms with Gasteiger partial charge < -0.3 is 4.74 Å². The Morgan fingerprint density at radius 3 is 2.78 bits per heavy atom. The van der Waals surface area contributed by atoms with Crippen molar-refractivity contribution in [2.24, 2.45) is 0 Å². The van der Waals surface area contributed by atoms with Crippen LogP contribution in [0.15, 0.2) is 16.6 Å². The fourth-order valence-corrected chi connectivity index (χ4v) is 1.96. The van der Waals surface area contributed by atoms with Crippen LogP contribution in [0.2, 0.25) is 0 Å². The zero-order chi connectivity index (χ0) is 13.7. The van der Waals surface area contributed by atoms with Crippen molar-refractivity contribution in [2.75, 3.05) is 6.61 Å². The first kappa shape index (κ1) is 14.1. The number of halogens is 1. The molecule has 1 aromatic carbocycles. The molecule has 0 radical (unpaired) electrons. The Morgan fingerprint density at radius 1 is 1.61 bits per heavy atom. The van der Waals surface area contributed by atoms with Gasteiger partial charge in [-0.1, -0.05) is 15.9 Å². The summed E-state index contributed by atoms with van der Waals surface area (Å²) >= 11 is 3.14. The van der Waals surface area contributed by atoms with Gasteiger partial charge in [0, 0.05) is 10.0 Å². The minimum absolute atomic E-state index is 0.0892. The van der Waals surface area contributed by atoms with Crippen molar-refractivity contribution in [1.82, 2.24) is 0 Å². The van der Waals surface area contributed by atoms with E-state index in [1.165, 1.54) is 12.1 Å². The van der Waals surface area contributed by atoms with E-state index in [4.69, 9.17) is 10.00 Å². The molecule has 0 bridgehead atoms. The molecule has 0 saturated carbocycles. The number of hydrogen-bond donors (Lipinski definition) is 0. The van der Waals surface area contributed by atoms with Crippen LogP contribution in [-0.2, 0) is 16.0 Å². The van der Waals surface area contributed by atoms with Crippen LogP contribution in [0, 0.1) is 21.4 Å². The van der Waals surface area contributed by atoms with Crippen molar-refractivity contribution in [2.45, 2.75) is 13.3 Å². The Bertz CT molecular complexity index is 537. The number of rotatable bonds is 4. The van der Waals surface area contributed by atoms with E-state index in [2.05, 4.69) is 15.9 Å². The van der Waals surface area contributed by atoms with Gasteiger partial charge >= 0.3 is 5.97 Å². The van der Waals surface area contributed by atoms with Gasteiger partial charge in [0.1, 0.15) is 11.6 Å². The predicted octanol–water partition coefficient (Wildman–Crippen LogP) is 2.33. The van der Waals surface area contributed by atoms with Crippen molar-refractivity contribution < 1.29 is 14.5 Å². The van der Waals surface area contributed by atoms with Crippen LogP contribution in [0.1, 0.15) is 18.1 Å². The third kappa shape index (κ3) is 3.28. The van der Waals surface area contributed by atoms with E-state index in [1.807, 2.05) is 0 Å². The molecule has 1 rings (SSSR count). The Labute approximate surface area is 111 Å². The molecule has 0 aliphatic heterocycles. The predicted molar refractivity (Wildman–Crippen MR) is 65.8 cm³/mol. The summed E-state index contributed by atoms with van der Waals surface area (Å²) in [4.78, 5) is 21.6. The largest absolute Gasteiger partial charge is 0.466 e. The summed E-state index contributed by atoms with van der Waals surface area (Å²) in [6.07, 6.45) is -0.238. The van der Waals surface area contributed by atoms with Crippen LogP contribution in [0.25, 0.3) is 0 Å². The van der Waals surface area contributed by atoms with Crippen LogP contribution in [0.5, 0.6) is 0 Å². The van der Waals surface area contributed by atoms with E-state index in [0.29, 0.717) is 4.47 Å². The van der Waals surface area contributed by atoms with Gasteiger partial charge in [0.15, 0.2) is 0 Å². The molecule has 0 aliphatic carbocycles. The number of nitro benzene ring substituents is 1. The first-order chi connectivity index (χ1) is 8.49. The molecular weight excluding hydrogens is 304 g/mol. The molecular formula is C11H9BrN2O4. The van der Waals surface area contributed by atoms with Crippen molar-refractivity contribution in [3.05, 3.63) is 37.8 Å². The summed E-state index contributed by atoms with van der Waals surface area (Å²) in [7, 11) is 0. The number of nitriles is 1. The van der Waals surface area contributed by atoms with E-state index in [0.717, 1.165) is 0 Å². The third-order valence-corrected chi connectivity index (χ3v) is 2.55. The minimum Gasteiger partial charge on any atom is -0.466 e. The molecule has 94 valence electrons. The first-order valence-electron chi connectivity index (χ1n) is 5.02. The number of nitrogens with zero attached hydrogens (tertiary/aromatic N) is 2.